The number of para-hydroxylation sites is 1. The second-order valence-corrected chi connectivity index (χ2v) is 13.4. The van der Waals surface area contributed by atoms with Crippen LogP contribution < -0.4 is 14.8 Å². The van der Waals surface area contributed by atoms with Crippen molar-refractivity contribution in [3.05, 3.63) is 88.8 Å². The Morgan fingerprint density at radius 2 is 1.83 bits per heavy atom. The molecule has 3 aromatic carbocycles. The predicted molar refractivity (Wildman–Crippen MR) is 173 cm³/mol. The number of ether oxygens (including phenoxy) is 1. The third kappa shape index (κ3) is 6.02. The first kappa shape index (κ1) is 30.0. The van der Waals surface area contributed by atoms with Crippen molar-refractivity contribution >= 4 is 71.9 Å². The number of rotatable bonds is 8. The standard InChI is InChI=1S/C30H28N4O4S3.ClH/c1-3-34-16-15-23-26(18-34)40-30(27(23)29-31-24-9-4-5-10-25(24)39-29)32-28(35)19-7-6-8-20(17-19)33-41(36,37)22-13-11-21(38-2)12-14-22;/h4-14,17,33H,3,15-16,18H2,1-2H3,(H,32,35);1H. The van der Waals surface area contributed by atoms with Crippen molar-refractivity contribution in [2.45, 2.75) is 24.8 Å². The molecule has 5 aromatic rings. The summed E-state index contributed by atoms with van der Waals surface area (Å²) in [6, 6.07) is 20.7. The average molecular weight is 641 g/mol. The number of nitrogens with one attached hydrogen (secondary N) is 2. The lowest BCUT2D eigenvalue weighted by Gasteiger charge is -2.25. The summed E-state index contributed by atoms with van der Waals surface area (Å²) >= 11 is 3.22. The molecule has 0 saturated carbocycles. The summed E-state index contributed by atoms with van der Waals surface area (Å²) in [4.78, 5) is 22.2. The Kier molecular flexibility index (Phi) is 8.86. The molecule has 42 heavy (non-hydrogen) atoms. The Morgan fingerprint density at radius 3 is 2.57 bits per heavy atom. The van der Waals surface area contributed by atoms with E-state index in [4.69, 9.17) is 9.72 Å². The van der Waals surface area contributed by atoms with E-state index in [-0.39, 0.29) is 23.2 Å². The molecule has 0 radical (unpaired) electrons. The molecule has 2 N–H and O–H groups in total. The summed E-state index contributed by atoms with van der Waals surface area (Å²) in [5, 5.41) is 4.79. The largest absolute Gasteiger partial charge is 0.497 e. The molecular weight excluding hydrogens is 612 g/mol. The summed E-state index contributed by atoms with van der Waals surface area (Å²) in [6.07, 6.45) is 0.892. The van der Waals surface area contributed by atoms with Crippen molar-refractivity contribution < 1.29 is 17.9 Å². The minimum absolute atomic E-state index is 0. The molecule has 0 spiro atoms. The van der Waals surface area contributed by atoms with E-state index in [2.05, 4.69) is 27.9 Å². The van der Waals surface area contributed by atoms with Crippen LogP contribution >= 0.6 is 35.1 Å². The minimum Gasteiger partial charge on any atom is -0.497 e. The molecule has 0 saturated heterocycles. The number of halogens is 1. The maximum atomic E-state index is 13.5. The molecule has 0 fully saturated rings. The SMILES string of the molecule is CCN1CCc2c(sc(NC(=O)c3cccc(NS(=O)(=O)c4ccc(OC)cc4)c3)c2-c2nc3ccccc3s2)C1.Cl. The van der Waals surface area contributed by atoms with Gasteiger partial charge < -0.3 is 10.1 Å². The maximum Gasteiger partial charge on any atom is 0.261 e. The third-order valence-electron chi connectivity index (χ3n) is 7.06. The number of likely N-dealkylation sites (N-methyl/N-ethyl adjacent to an activating group) is 1. The fraction of sp³-hybridized carbons (Fsp3) is 0.200. The van der Waals surface area contributed by atoms with E-state index in [0.717, 1.165) is 51.8 Å². The number of anilines is 2. The first-order valence-corrected chi connectivity index (χ1v) is 16.3. The van der Waals surface area contributed by atoms with Crippen molar-refractivity contribution in [3.63, 3.8) is 0 Å². The van der Waals surface area contributed by atoms with Crippen LogP contribution in [0.4, 0.5) is 10.7 Å². The highest BCUT2D eigenvalue weighted by Gasteiger charge is 2.27. The summed E-state index contributed by atoms with van der Waals surface area (Å²) in [7, 11) is -2.33. The predicted octanol–water partition coefficient (Wildman–Crippen LogP) is 6.89. The summed E-state index contributed by atoms with van der Waals surface area (Å²) in [5.74, 6) is 0.245. The van der Waals surface area contributed by atoms with Crippen LogP contribution in [0.1, 0.15) is 27.7 Å². The molecule has 0 bridgehead atoms. The van der Waals surface area contributed by atoms with Crippen LogP contribution in [0.15, 0.2) is 77.7 Å². The lowest BCUT2D eigenvalue weighted by molar-refractivity contribution is 0.102. The Hall–Kier alpha value is -3.48. The molecule has 2 aromatic heterocycles. The normalized spacial score (nSPS) is 13.3. The van der Waals surface area contributed by atoms with Crippen LogP contribution in [-0.4, -0.2) is 44.4 Å². The maximum absolute atomic E-state index is 13.5. The van der Waals surface area contributed by atoms with Crippen LogP contribution in [0.5, 0.6) is 5.75 Å². The molecule has 1 aliphatic heterocycles. The van der Waals surface area contributed by atoms with Crippen molar-refractivity contribution in [1.82, 2.24) is 9.88 Å². The Labute approximate surface area is 258 Å². The van der Waals surface area contributed by atoms with E-state index in [1.165, 1.54) is 29.7 Å². The fourth-order valence-electron chi connectivity index (χ4n) is 4.89. The van der Waals surface area contributed by atoms with E-state index in [9.17, 15) is 13.2 Å². The number of fused-ring (bicyclic) bond motifs is 2. The zero-order chi connectivity index (χ0) is 28.6. The van der Waals surface area contributed by atoms with Gasteiger partial charge in [-0.25, -0.2) is 13.4 Å². The van der Waals surface area contributed by atoms with Crippen molar-refractivity contribution in [1.29, 1.82) is 0 Å². The molecule has 3 heterocycles. The summed E-state index contributed by atoms with van der Waals surface area (Å²) in [5.41, 5.74) is 3.81. The summed E-state index contributed by atoms with van der Waals surface area (Å²) in [6.45, 7) is 4.93. The first-order chi connectivity index (χ1) is 19.8. The lowest BCUT2D eigenvalue weighted by atomic mass is 10.0. The van der Waals surface area contributed by atoms with Gasteiger partial charge in [-0.1, -0.05) is 25.1 Å². The van der Waals surface area contributed by atoms with Crippen molar-refractivity contribution in [2.75, 3.05) is 30.2 Å². The molecule has 0 atom stereocenters. The monoisotopic (exact) mass is 640 g/mol. The lowest BCUT2D eigenvalue weighted by Crippen LogP contribution is -2.29. The molecule has 12 heteroatoms. The van der Waals surface area contributed by atoms with Crippen LogP contribution in [0.2, 0.25) is 0 Å². The third-order valence-corrected chi connectivity index (χ3v) is 10.6. The van der Waals surface area contributed by atoms with Gasteiger partial charge in [-0.05, 0) is 73.1 Å². The number of hydrogen-bond acceptors (Lipinski definition) is 8. The first-order valence-electron chi connectivity index (χ1n) is 13.2. The number of carbonyl (C=O) groups excluding carboxylic acids is 1. The summed E-state index contributed by atoms with van der Waals surface area (Å²) < 4.78 is 34.7. The average Bonchev–Trinajstić information content (AvgIpc) is 3.57. The van der Waals surface area contributed by atoms with Gasteiger partial charge >= 0.3 is 0 Å². The number of aromatic nitrogens is 1. The van der Waals surface area contributed by atoms with Gasteiger partial charge in [-0.15, -0.1) is 35.1 Å². The molecule has 218 valence electrons. The second kappa shape index (κ2) is 12.4. The van der Waals surface area contributed by atoms with Gasteiger partial charge in [0.1, 0.15) is 15.8 Å². The number of thiazole rings is 1. The highest BCUT2D eigenvalue weighted by molar-refractivity contribution is 7.92. The number of carbonyl (C=O) groups is 1. The number of amides is 1. The fourth-order valence-corrected chi connectivity index (χ4v) is 8.33. The van der Waals surface area contributed by atoms with E-state index in [1.807, 2.05) is 18.2 Å². The highest BCUT2D eigenvalue weighted by Crippen LogP contribution is 2.45. The zero-order valence-electron chi connectivity index (χ0n) is 22.9. The molecule has 6 rings (SSSR count). The van der Waals surface area contributed by atoms with Gasteiger partial charge in [0.25, 0.3) is 15.9 Å². The van der Waals surface area contributed by atoms with Gasteiger partial charge in [0.2, 0.25) is 0 Å². The van der Waals surface area contributed by atoms with E-state index >= 15 is 0 Å². The number of thiophene rings is 1. The van der Waals surface area contributed by atoms with Gasteiger partial charge in [0.05, 0.1) is 22.2 Å². The number of benzene rings is 3. The van der Waals surface area contributed by atoms with Gasteiger partial charge in [0, 0.05) is 34.8 Å². The van der Waals surface area contributed by atoms with Crippen molar-refractivity contribution in [3.8, 4) is 16.3 Å². The highest BCUT2D eigenvalue weighted by atomic mass is 35.5. The molecule has 0 unspecified atom stereocenters. The Balaban J connectivity index is 0.00000353. The molecule has 8 nitrogen and oxygen atoms in total. The van der Waals surface area contributed by atoms with Gasteiger partial charge in [0.15, 0.2) is 0 Å². The van der Waals surface area contributed by atoms with E-state index in [0.29, 0.717) is 17.0 Å². The van der Waals surface area contributed by atoms with Crippen LogP contribution in [0.25, 0.3) is 20.8 Å². The number of nitrogens with zero attached hydrogens (tertiary/aromatic N) is 2. The van der Waals surface area contributed by atoms with Crippen LogP contribution in [0, 0.1) is 0 Å². The number of methoxy groups -OCH3 is 1. The van der Waals surface area contributed by atoms with Crippen molar-refractivity contribution in [2.24, 2.45) is 0 Å². The van der Waals surface area contributed by atoms with E-state index in [1.54, 1.807) is 59.1 Å². The quantitative estimate of drug-likeness (QED) is 0.192. The van der Waals surface area contributed by atoms with Gasteiger partial charge in [-0.2, -0.15) is 0 Å². The Bertz CT molecular complexity index is 1820. The van der Waals surface area contributed by atoms with Crippen LogP contribution in [0.3, 0.4) is 0 Å². The number of sulfonamides is 1. The Morgan fingerprint density at radius 1 is 1.05 bits per heavy atom. The molecule has 1 amide bonds. The molecule has 0 aliphatic carbocycles. The number of hydrogen-bond donors (Lipinski definition) is 2. The zero-order valence-corrected chi connectivity index (χ0v) is 26.2. The van der Waals surface area contributed by atoms with Gasteiger partial charge in [-0.3, -0.25) is 14.4 Å². The molecular formula is C30H29ClN4O4S3. The molecule has 1 aliphatic rings. The second-order valence-electron chi connectivity index (χ2n) is 9.63. The van der Waals surface area contributed by atoms with Crippen LogP contribution in [-0.2, 0) is 23.0 Å². The smallest absolute Gasteiger partial charge is 0.261 e. The topological polar surface area (TPSA) is 101 Å². The van der Waals surface area contributed by atoms with E-state index < -0.39 is 10.0 Å². The minimum atomic E-state index is -3.85.